The number of nitrogens with zero attached hydrogens (tertiary/aromatic N) is 1. The molecule has 1 saturated heterocycles. The molecule has 0 amide bonds. The van der Waals surface area contributed by atoms with Gasteiger partial charge in [-0.25, -0.2) is 0 Å². The van der Waals surface area contributed by atoms with Crippen LogP contribution in [0.3, 0.4) is 0 Å². The fourth-order valence-electron chi connectivity index (χ4n) is 2.62. The Labute approximate surface area is 110 Å². The number of nitrogens with one attached hydrogen (secondary N) is 1. The first kappa shape index (κ1) is 13.4. The smallest absolute Gasteiger partial charge is 0.0471 e. The van der Waals surface area contributed by atoms with Crippen molar-refractivity contribution in [1.82, 2.24) is 4.90 Å². The van der Waals surface area contributed by atoms with Gasteiger partial charge in [0, 0.05) is 25.4 Å². The minimum absolute atomic E-state index is 0.223. The molecule has 1 aliphatic rings. The summed E-state index contributed by atoms with van der Waals surface area (Å²) in [6.45, 7) is 3.73. The average Bonchev–Trinajstić information content (AvgIpc) is 2.38. The van der Waals surface area contributed by atoms with E-state index in [1.807, 2.05) is 0 Å². The number of hydrogen-bond donors (Lipinski definition) is 2. The van der Waals surface area contributed by atoms with Crippen molar-refractivity contribution in [3.05, 3.63) is 29.8 Å². The lowest BCUT2D eigenvalue weighted by atomic mass is 9.98. The molecule has 2 rings (SSSR count). The van der Waals surface area contributed by atoms with Gasteiger partial charge in [-0.1, -0.05) is 12.1 Å². The minimum Gasteiger partial charge on any atom is -0.396 e. The quantitative estimate of drug-likeness (QED) is 0.836. The van der Waals surface area contributed by atoms with Crippen LogP contribution in [0.4, 0.5) is 5.69 Å². The van der Waals surface area contributed by atoms with Crippen LogP contribution in [0, 0.1) is 5.92 Å². The minimum atomic E-state index is 0.223. The molecule has 1 aliphatic heterocycles. The van der Waals surface area contributed by atoms with Gasteiger partial charge >= 0.3 is 0 Å². The Balaban J connectivity index is 1.78. The highest BCUT2D eigenvalue weighted by molar-refractivity contribution is 5.44. The standard InChI is InChI=1S/C15H24N2O/c1-17-9-2-3-14(12-17)11-16-15-6-4-13(5-7-15)8-10-18/h4-7,14,16,18H,2-3,8-12H2,1H3. The summed E-state index contributed by atoms with van der Waals surface area (Å²) in [5.41, 5.74) is 2.38. The van der Waals surface area contributed by atoms with Crippen LogP contribution in [0.15, 0.2) is 24.3 Å². The second kappa shape index (κ2) is 6.76. The molecule has 0 saturated carbocycles. The molecule has 0 aliphatic carbocycles. The second-order valence-electron chi connectivity index (χ2n) is 5.32. The molecule has 1 unspecified atom stereocenters. The molecule has 0 aromatic heterocycles. The lowest BCUT2D eigenvalue weighted by Crippen LogP contribution is -2.35. The molecule has 1 atom stereocenters. The van der Waals surface area contributed by atoms with E-state index in [-0.39, 0.29) is 6.61 Å². The molecule has 0 bridgehead atoms. The number of piperidine rings is 1. The first-order valence-electron chi connectivity index (χ1n) is 6.90. The molecular weight excluding hydrogens is 224 g/mol. The van der Waals surface area contributed by atoms with E-state index < -0.39 is 0 Å². The molecule has 3 heteroatoms. The number of benzene rings is 1. The maximum atomic E-state index is 8.87. The number of aliphatic hydroxyl groups is 1. The van der Waals surface area contributed by atoms with Gasteiger partial charge in [-0.05, 0) is 56.5 Å². The van der Waals surface area contributed by atoms with Gasteiger partial charge in [-0.3, -0.25) is 0 Å². The molecule has 1 aromatic carbocycles. The summed E-state index contributed by atoms with van der Waals surface area (Å²) in [5.74, 6) is 0.765. The third-order valence-electron chi connectivity index (χ3n) is 3.67. The van der Waals surface area contributed by atoms with Crippen molar-refractivity contribution in [1.29, 1.82) is 0 Å². The zero-order valence-corrected chi connectivity index (χ0v) is 11.2. The number of hydrogen-bond acceptors (Lipinski definition) is 3. The highest BCUT2D eigenvalue weighted by atomic mass is 16.2. The first-order valence-corrected chi connectivity index (χ1v) is 6.90. The van der Waals surface area contributed by atoms with Crippen LogP contribution in [0.1, 0.15) is 18.4 Å². The van der Waals surface area contributed by atoms with Crippen molar-refractivity contribution in [3.8, 4) is 0 Å². The van der Waals surface area contributed by atoms with Gasteiger partial charge in [0.05, 0.1) is 0 Å². The van der Waals surface area contributed by atoms with Crippen LogP contribution in [0.25, 0.3) is 0 Å². The Hall–Kier alpha value is -1.06. The number of aliphatic hydroxyl groups excluding tert-OH is 1. The monoisotopic (exact) mass is 248 g/mol. The Morgan fingerprint density at radius 1 is 1.33 bits per heavy atom. The maximum Gasteiger partial charge on any atom is 0.0471 e. The molecule has 0 radical (unpaired) electrons. The van der Waals surface area contributed by atoms with Gasteiger partial charge in [-0.15, -0.1) is 0 Å². The van der Waals surface area contributed by atoms with Gasteiger partial charge < -0.3 is 15.3 Å². The van der Waals surface area contributed by atoms with Crippen LogP contribution in [0.2, 0.25) is 0 Å². The van der Waals surface area contributed by atoms with Crippen LogP contribution < -0.4 is 5.32 Å². The van der Waals surface area contributed by atoms with Crippen molar-refractivity contribution in [2.24, 2.45) is 5.92 Å². The van der Waals surface area contributed by atoms with Crippen molar-refractivity contribution >= 4 is 5.69 Å². The average molecular weight is 248 g/mol. The SMILES string of the molecule is CN1CCCC(CNc2ccc(CCO)cc2)C1. The molecule has 1 aromatic rings. The molecule has 18 heavy (non-hydrogen) atoms. The molecule has 2 N–H and O–H groups in total. The topological polar surface area (TPSA) is 35.5 Å². The van der Waals surface area contributed by atoms with E-state index >= 15 is 0 Å². The van der Waals surface area contributed by atoms with Crippen LogP contribution >= 0.6 is 0 Å². The summed E-state index contributed by atoms with van der Waals surface area (Å²) in [6.07, 6.45) is 3.39. The zero-order chi connectivity index (χ0) is 12.8. The van der Waals surface area contributed by atoms with Crippen LogP contribution in [-0.2, 0) is 6.42 Å². The predicted molar refractivity (Wildman–Crippen MR) is 75.9 cm³/mol. The number of rotatable bonds is 5. The third-order valence-corrected chi connectivity index (χ3v) is 3.67. The van der Waals surface area contributed by atoms with Crippen LogP contribution in [-0.4, -0.2) is 43.3 Å². The lowest BCUT2D eigenvalue weighted by molar-refractivity contribution is 0.217. The fourth-order valence-corrected chi connectivity index (χ4v) is 2.62. The van der Waals surface area contributed by atoms with Crippen molar-refractivity contribution in [2.75, 3.05) is 38.6 Å². The lowest BCUT2D eigenvalue weighted by Gasteiger charge is -2.30. The van der Waals surface area contributed by atoms with Crippen molar-refractivity contribution in [3.63, 3.8) is 0 Å². The molecule has 100 valence electrons. The summed E-state index contributed by atoms with van der Waals surface area (Å²) in [4.78, 5) is 2.42. The van der Waals surface area contributed by atoms with Crippen molar-refractivity contribution < 1.29 is 5.11 Å². The number of likely N-dealkylation sites (tertiary alicyclic amines) is 1. The van der Waals surface area contributed by atoms with E-state index in [0.29, 0.717) is 0 Å². The highest BCUT2D eigenvalue weighted by Gasteiger charge is 2.16. The van der Waals surface area contributed by atoms with Gasteiger partial charge in [0.2, 0.25) is 0 Å². The normalized spacial score (nSPS) is 20.9. The zero-order valence-electron chi connectivity index (χ0n) is 11.2. The highest BCUT2D eigenvalue weighted by Crippen LogP contribution is 2.17. The Morgan fingerprint density at radius 3 is 2.78 bits per heavy atom. The Morgan fingerprint density at radius 2 is 2.11 bits per heavy atom. The first-order chi connectivity index (χ1) is 8.78. The van der Waals surface area contributed by atoms with E-state index in [2.05, 4.69) is 41.5 Å². The third kappa shape index (κ3) is 4.00. The summed E-state index contributed by atoms with van der Waals surface area (Å²) in [5, 5.41) is 12.4. The van der Waals surface area contributed by atoms with Gasteiger partial charge in [0.15, 0.2) is 0 Å². The van der Waals surface area contributed by atoms with E-state index in [1.165, 1.54) is 37.2 Å². The van der Waals surface area contributed by atoms with Gasteiger partial charge in [0.25, 0.3) is 0 Å². The molecule has 0 spiro atoms. The van der Waals surface area contributed by atoms with E-state index in [0.717, 1.165) is 18.9 Å². The molecular formula is C15H24N2O. The number of anilines is 1. The summed E-state index contributed by atoms with van der Waals surface area (Å²) < 4.78 is 0. The van der Waals surface area contributed by atoms with Crippen LogP contribution in [0.5, 0.6) is 0 Å². The van der Waals surface area contributed by atoms with Gasteiger partial charge in [-0.2, -0.15) is 0 Å². The summed E-state index contributed by atoms with van der Waals surface area (Å²) >= 11 is 0. The van der Waals surface area contributed by atoms with Gasteiger partial charge in [0.1, 0.15) is 0 Å². The molecule has 3 nitrogen and oxygen atoms in total. The summed E-state index contributed by atoms with van der Waals surface area (Å²) in [6, 6.07) is 8.40. The Bertz CT molecular complexity index is 350. The second-order valence-corrected chi connectivity index (χ2v) is 5.32. The van der Waals surface area contributed by atoms with E-state index in [9.17, 15) is 0 Å². The maximum absolute atomic E-state index is 8.87. The summed E-state index contributed by atoms with van der Waals surface area (Å²) in [7, 11) is 2.20. The largest absolute Gasteiger partial charge is 0.396 e. The van der Waals surface area contributed by atoms with E-state index in [1.54, 1.807) is 0 Å². The molecule has 1 fully saturated rings. The predicted octanol–water partition coefficient (Wildman–Crippen LogP) is 1.98. The van der Waals surface area contributed by atoms with Crippen molar-refractivity contribution in [2.45, 2.75) is 19.3 Å². The fraction of sp³-hybridized carbons (Fsp3) is 0.600. The van der Waals surface area contributed by atoms with E-state index in [4.69, 9.17) is 5.11 Å². The molecule has 1 heterocycles. The Kier molecular flexibility index (Phi) is 5.02.